The second kappa shape index (κ2) is 9.70. The Morgan fingerprint density at radius 2 is 1.86 bits per heavy atom. The zero-order valence-electron chi connectivity index (χ0n) is 4.78. The topological polar surface area (TPSA) is 0 Å². The lowest BCUT2D eigenvalue weighted by Gasteiger charge is -1.85. The highest BCUT2D eigenvalue weighted by Gasteiger charge is 1.76. The van der Waals surface area contributed by atoms with Gasteiger partial charge < -0.3 is 0 Å². The monoisotopic (exact) mass is 163 g/mol. The maximum absolute atomic E-state index is 3.35. The van der Waals surface area contributed by atoms with Crippen molar-refractivity contribution in [3.63, 3.8) is 0 Å². The highest BCUT2D eigenvalue weighted by molar-refractivity contribution is 9.09. The average Bonchev–Trinajstić information content (AvgIpc) is 1.61. The van der Waals surface area contributed by atoms with Crippen LogP contribution in [0.3, 0.4) is 0 Å². The van der Waals surface area contributed by atoms with Gasteiger partial charge in [-0.2, -0.15) is 0 Å². The Hall–Kier alpha value is 0.480. The van der Waals surface area contributed by atoms with Crippen molar-refractivity contribution in [3.05, 3.63) is 7.43 Å². The third-order valence-electron chi connectivity index (χ3n) is 0.737. The molecular formula is C6H12Br. The first-order valence-corrected chi connectivity index (χ1v) is 3.60. The van der Waals surface area contributed by atoms with Crippen LogP contribution in [0.4, 0.5) is 0 Å². The molecule has 0 amide bonds. The largest absolute Gasteiger partial charge is 0.0928 e. The van der Waals surface area contributed by atoms with Crippen molar-refractivity contribution in [1.29, 1.82) is 0 Å². The summed E-state index contributed by atoms with van der Waals surface area (Å²) >= 11 is 3.35. The van der Waals surface area contributed by atoms with E-state index in [9.17, 15) is 0 Å². The minimum absolute atomic E-state index is 0. The van der Waals surface area contributed by atoms with Crippen LogP contribution in [0.2, 0.25) is 0 Å². The molecule has 0 saturated heterocycles. The summed E-state index contributed by atoms with van der Waals surface area (Å²) in [7, 11) is 0. The summed E-state index contributed by atoms with van der Waals surface area (Å²) in [5, 5.41) is 1.17. The first-order chi connectivity index (χ1) is 2.91. The van der Waals surface area contributed by atoms with Crippen molar-refractivity contribution >= 4 is 15.9 Å². The number of hydrogen-bond acceptors (Lipinski definition) is 0. The second-order valence-electron chi connectivity index (χ2n) is 1.40. The SMILES string of the molecule is CCCCCBr.[CH]. The lowest BCUT2D eigenvalue weighted by molar-refractivity contribution is 0.781. The highest BCUT2D eigenvalue weighted by Crippen LogP contribution is 1.95. The molecule has 0 aliphatic carbocycles. The van der Waals surface area contributed by atoms with E-state index in [0.29, 0.717) is 0 Å². The van der Waals surface area contributed by atoms with Gasteiger partial charge in [-0.15, -0.1) is 0 Å². The Balaban J connectivity index is 0. The molecule has 0 rings (SSSR count). The highest BCUT2D eigenvalue weighted by atomic mass is 79.9. The van der Waals surface area contributed by atoms with Crippen LogP contribution in [0.15, 0.2) is 0 Å². The van der Waals surface area contributed by atoms with E-state index < -0.39 is 0 Å². The molecule has 7 heavy (non-hydrogen) atoms. The first-order valence-electron chi connectivity index (χ1n) is 2.47. The molecule has 43 valence electrons. The normalized spacial score (nSPS) is 7.71. The Morgan fingerprint density at radius 3 is 2.00 bits per heavy atom. The van der Waals surface area contributed by atoms with Crippen LogP contribution < -0.4 is 0 Å². The number of halogens is 1. The third kappa shape index (κ3) is 10.7. The quantitative estimate of drug-likeness (QED) is 0.444. The van der Waals surface area contributed by atoms with Crippen molar-refractivity contribution in [2.24, 2.45) is 0 Å². The number of unbranched alkanes of at least 4 members (excludes halogenated alkanes) is 2. The standard InChI is InChI=1S/C5H11Br.CH/c1-2-3-4-5-6;/h2-5H2,1H3;1H. The predicted octanol–water partition coefficient (Wildman–Crippen LogP) is 2.78. The molecule has 0 heterocycles. The van der Waals surface area contributed by atoms with Crippen molar-refractivity contribution in [2.45, 2.75) is 26.2 Å². The van der Waals surface area contributed by atoms with E-state index in [1.807, 2.05) is 0 Å². The van der Waals surface area contributed by atoms with Gasteiger partial charge in [-0.05, 0) is 13.8 Å². The van der Waals surface area contributed by atoms with E-state index in [1.165, 1.54) is 24.6 Å². The van der Waals surface area contributed by atoms with Crippen LogP contribution in [-0.2, 0) is 0 Å². The molecule has 3 radical (unpaired) electrons. The lowest BCUT2D eigenvalue weighted by Crippen LogP contribution is -1.70. The van der Waals surface area contributed by atoms with Gasteiger partial charge in [0.2, 0.25) is 0 Å². The number of rotatable bonds is 3. The van der Waals surface area contributed by atoms with E-state index in [-0.39, 0.29) is 7.43 Å². The van der Waals surface area contributed by atoms with E-state index in [4.69, 9.17) is 0 Å². The zero-order valence-corrected chi connectivity index (χ0v) is 6.37. The van der Waals surface area contributed by atoms with Crippen molar-refractivity contribution in [3.8, 4) is 0 Å². The Bertz CT molecular complexity index is 16.1. The molecule has 0 atom stereocenters. The van der Waals surface area contributed by atoms with Crippen LogP contribution in [0.5, 0.6) is 0 Å². The molecule has 0 N–H and O–H groups in total. The van der Waals surface area contributed by atoms with Crippen molar-refractivity contribution in [2.75, 3.05) is 5.33 Å². The molecule has 0 bridgehead atoms. The van der Waals surface area contributed by atoms with Crippen LogP contribution in [0, 0.1) is 7.43 Å². The van der Waals surface area contributed by atoms with Crippen LogP contribution in [0.1, 0.15) is 26.2 Å². The van der Waals surface area contributed by atoms with Gasteiger partial charge in [-0.25, -0.2) is 0 Å². The Labute approximate surface area is 55.4 Å². The van der Waals surface area contributed by atoms with Gasteiger partial charge in [-0.1, -0.05) is 35.7 Å². The Kier molecular flexibility index (Phi) is 14.5. The summed E-state index contributed by atoms with van der Waals surface area (Å²) < 4.78 is 0. The second-order valence-corrected chi connectivity index (χ2v) is 2.19. The minimum Gasteiger partial charge on any atom is -0.0928 e. The first kappa shape index (κ1) is 10.5. The molecule has 0 aliphatic rings. The summed E-state index contributed by atoms with van der Waals surface area (Å²) in [6, 6.07) is 0. The van der Waals surface area contributed by atoms with E-state index in [2.05, 4.69) is 22.9 Å². The summed E-state index contributed by atoms with van der Waals surface area (Å²) in [6.07, 6.45) is 4.02. The molecule has 0 saturated carbocycles. The fourth-order valence-corrected chi connectivity index (χ4v) is 0.741. The van der Waals surface area contributed by atoms with Gasteiger partial charge in [0.25, 0.3) is 0 Å². The molecule has 0 unspecified atom stereocenters. The lowest BCUT2D eigenvalue weighted by atomic mass is 10.3. The van der Waals surface area contributed by atoms with Crippen molar-refractivity contribution in [1.82, 2.24) is 0 Å². The van der Waals surface area contributed by atoms with Crippen LogP contribution in [-0.4, -0.2) is 5.33 Å². The van der Waals surface area contributed by atoms with Gasteiger partial charge in [0, 0.05) is 5.33 Å². The zero-order chi connectivity index (χ0) is 4.83. The summed E-state index contributed by atoms with van der Waals surface area (Å²) in [4.78, 5) is 0. The number of hydrogen-bond donors (Lipinski definition) is 0. The summed E-state index contributed by atoms with van der Waals surface area (Å²) in [5.74, 6) is 0. The van der Waals surface area contributed by atoms with Gasteiger partial charge in [0.15, 0.2) is 0 Å². The van der Waals surface area contributed by atoms with Gasteiger partial charge in [0.1, 0.15) is 0 Å². The van der Waals surface area contributed by atoms with Crippen LogP contribution in [0.25, 0.3) is 0 Å². The fraction of sp³-hybridized carbons (Fsp3) is 0.833. The molecule has 0 aliphatic heterocycles. The maximum Gasteiger partial charge on any atom is 0.00313 e. The molecule has 0 aromatic heterocycles. The molecule has 0 aromatic rings. The van der Waals surface area contributed by atoms with Gasteiger partial charge in [0.05, 0.1) is 0 Å². The third-order valence-corrected chi connectivity index (χ3v) is 1.30. The van der Waals surface area contributed by atoms with Gasteiger partial charge in [-0.3, -0.25) is 0 Å². The van der Waals surface area contributed by atoms with Crippen LogP contribution >= 0.6 is 15.9 Å². The predicted molar refractivity (Wildman–Crippen MR) is 37.6 cm³/mol. The molecular weight excluding hydrogens is 152 g/mol. The molecule has 1 heteroatoms. The van der Waals surface area contributed by atoms with Gasteiger partial charge >= 0.3 is 0 Å². The molecule has 0 nitrogen and oxygen atoms in total. The van der Waals surface area contributed by atoms with E-state index in [0.717, 1.165) is 0 Å². The van der Waals surface area contributed by atoms with E-state index in [1.54, 1.807) is 0 Å². The summed E-state index contributed by atoms with van der Waals surface area (Å²) in [5.41, 5.74) is 0. The van der Waals surface area contributed by atoms with E-state index >= 15 is 0 Å². The summed E-state index contributed by atoms with van der Waals surface area (Å²) in [6.45, 7) is 2.21. The number of alkyl halides is 1. The fourth-order valence-electron chi connectivity index (χ4n) is 0.344. The average molecular weight is 164 g/mol. The smallest absolute Gasteiger partial charge is 0.00313 e. The minimum atomic E-state index is 0. The van der Waals surface area contributed by atoms with Crippen molar-refractivity contribution < 1.29 is 0 Å². The Morgan fingerprint density at radius 1 is 1.29 bits per heavy atom. The molecule has 0 spiro atoms. The molecule has 0 fully saturated rings. The maximum atomic E-state index is 3.35. The molecule has 0 aromatic carbocycles.